The van der Waals surface area contributed by atoms with Gasteiger partial charge in [0.2, 0.25) is 0 Å². The number of carbonyl (C=O) groups is 1. The van der Waals surface area contributed by atoms with Crippen LogP contribution in [-0.2, 0) is 32.5 Å². The molecule has 2 fully saturated rings. The minimum absolute atomic E-state index is 0.136. The van der Waals surface area contributed by atoms with Crippen LogP contribution in [0.25, 0.3) is 10.9 Å². The summed E-state index contributed by atoms with van der Waals surface area (Å²) >= 11 is 0. The lowest BCUT2D eigenvalue weighted by molar-refractivity contribution is -0.204. The van der Waals surface area contributed by atoms with Crippen LogP contribution in [0.2, 0.25) is 0 Å². The van der Waals surface area contributed by atoms with Gasteiger partial charge in [-0.1, -0.05) is 24.3 Å². The fourth-order valence-electron chi connectivity index (χ4n) is 8.67. The fraction of sp³-hybridized carbons (Fsp3) is 0.545. The largest absolute Gasteiger partial charge is 0.504 e. The van der Waals surface area contributed by atoms with E-state index < -0.39 is 22.7 Å². The summed E-state index contributed by atoms with van der Waals surface area (Å²) in [7, 11) is 4.03. The summed E-state index contributed by atoms with van der Waals surface area (Å²) in [4.78, 5) is 19.5. The minimum Gasteiger partial charge on any atom is -0.504 e. The van der Waals surface area contributed by atoms with E-state index >= 15 is 0 Å². The number of phenolic OH excluding ortho intramolecular Hbond substituents is 1. The number of benzene rings is 2. The smallest absolute Gasteiger partial charge is 0.324 e. The molecule has 2 aliphatic carbocycles. The molecule has 1 saturated carbocycles. The zero-order valence-corrected chi connectivity index (χ0v) is 24.6. The van der Waals surface area contributed by atoms with Crippen LogP contribution in [0.5, 0.6) is 11.5 Å². The molecule has 8 nitrogen and oxygen atoms in total. The van der Waals surface area contributed by atoms with Crippen molar-refractivity contribution >= 4 is 16.9 Å². The van der Waals surface area contributed by atoms with E-state index in [0.717, 1.165) is 54.3 Å². The van der Waals surface area contributed by atoms with Gasteiger partial charge in [-0.05, 0) is 83.3 Å². The maximum absolute atomic E-state index is 13.8. The molecule has 1 saturated heterocycles. The Labute approximate surface area is 241 Å². The van der Waals surface area contributed by atoms with Crippen molar-refractivity contribution in [2.45, 2.75) is 93.7 Å². The van der Waals surface area contributed by atoms with E-state index in [2.05, 4.69) is 34.4 Å². The molecule has 1 spiro atoms. The molecule has 2 aromatic carbocycles. The molecule has 3 heterocycles. The molecule has 218 valence electrons. The number of esters is 1. The Morgan fingerprint density at radius 1 is 1.24 bits per heavy atom. The van der Waals surface area contributed by atoms with Gasteiger partial charge in [-0.15, -0.1) is 0 Å². The van der Waals surface area contributed by atoms with E-state index in [0.29, 0.717) is 12.2 Å². The van der Waals surface area contributed by atoms with Gasteiger partial charge in [0.15, 0.2) is 11.5 Å². The van der Waals surface area contributed by atoms with Gasteiger partial charge in [-0.25, -0.2) is 0 Å². The standard InChI is InChI=1S/C33H41N3O5/c1-31(2,3)41-30(38)24(16-20-18-34-22-9-7-6-8-21(20)22)35-23-12-13-33(39-5)26-17-19-10-11-25(37)28-27(19)32(33,29(23)40-28)14-15-36(26)4/h6-11,18,23-24,26,29,34-35,37H,12-17H2,1-5H3/t23-,24-,26?,29-,32?,33+/m0/s1. The van der Waals surface area contributed by atoms with Gasteiger partial charge in [-0.2, -0.15) is 0 Å². The van der Waals surface area contributed by atoms with Crippen molar-refractivity contribution in [2.24, 2.45) is 0 Å². The first-order valence-corrected chi connectivity index (χ1v) is 14.9. The van der Waals surface area contributed by atoms with Crippen LogP contribution in [0.4, 0.5) is 0 Å². The Hall–Kier alpha value is -3.07. The van der Waals surface area contributed by atoms with Gasteiger partial charge in [0.25, 0.3) is 0 Å². The second-order valence-corrected chi connectivity index (χ2v) is 13.5. The van der Waals surface area contributed by atoms with E-state index in [9.17, 15) is 9.90 Å². The van der Waals surface area contributed by atoms with Crippen molar-refractivity contribution in [3.05, 3.63) is 59.3 Å². The molecule has 0 amide bonds. The quantitative estimate of drug-likeness (QED) is 0.389. The number of phenols is 1. The first-order valence-electron chi connectivity index (χ1n) is 14.9. The third-order valence-electron chi connectivity index (χ3n) is 10.3. The first kappa shape index (κ1) is 26.8. The number of para-hydroxylation sites is 1. The molecule has 2 aliphatic heterocycles. The van der Waals surface area contributed by atoms with Crippen molar-refractivity contribution in [1.29, 1.82) is 0 Å². The summed E-state index contributed by atoms with van der Waals surface area (Å²) in [6.45, 7) is 6.63. The highest BCUT2D eigenvalue weighted by atomic mass is 16.6. The summed E-state index contributed by atoms with van der Waals surface area (Å²) in [6, 6.07) is 11.5. The van der Waals surface area contributed by atoms with Gasteiger partial charge in [0.1, 0.15) is 17.7 Å². The summed E-state index contributed by atoms with van der Waals surface area (Å²) in [5, 5.41) is 15.9. The molecule has 3 aromatic rings. The first-order chi connectivity index (χ1) is 19.6. The van der Waals surface area contributed by atoms with Crippen molar-refractivity contribution in [3.8, 4) is 11.5 Å². The predicted molar refractivity (Wildman–Crippen MR) is 156 cm³/mol. The second kappa shape index (κ2) is 9.21. The van der Waals surface area contributed by atoms with Crippen LogP contribution in [-0.4, -0.2) is 77.1 Å². The molecule has 1 aromatic heterocycles. The van der Waals surface area contributed by atoms with Gasteiger partial charge >= 0.3 is 5.97 Å². The van der Waals surface area contributed by atoms with E-state index in [1.54, 1.807) is 6.07 Å². The molecule has 8 heteroatoms. The third-order valence-corrected chi connectivity index (χ3v) is 10.3. The molecule has 6 atom stereocenters. The van der Waals surface area contributed by atoms with Crippen LogP contribution in [0.3, 0.4) is 0 Å². The van der Waals surface area contributed by atoms with E-state index in [-0.39, 0.29) is 29.9 Å². The zero-order valence-electron chi connectivity index (χ0n) is 24.6. The Morgan fingerprint density at radius 2 is 2.05 bits per heavy atom. The lowest BCUT2D eigenvalue weighted by Gasteiger charge is -2.65. The highest BCUT2D eigenvalue weighted by Gasteiger charge is 2.73. The minimum atomic E-state index is -0.612. The van der Waals surface area contributed by atoms with Gasteiger partial charge < -0.3 is 29.2 Å². The molecular formula is C33H41N3O5. The highest BCUT2D eigenvalue weighted by Crippen LogP contribution is 2.66. The fourth-order valence-corrected chi connectivity index (χ4v) is 8.67. The molecule has 4 aliphatic rings. The maximum Gasteiger partial charge on any atom is 0.324 e. The maximum atomic E-state index is 13.8. The van der Waals surface area contributed by atoms with Crippen LogP contribution < -0.4 is 10.1 Å². The number of aromatic nitrogens is 1. The highest BCUT2D eigenvalue weighted by molar-refractivity contribution is 5.84. The van der Waals surface area contributed by atoms with E-state index in [4.69, 9.17) is 14.2 Å². The number of likely N-dealkylation sites (N-methyl/N-ethyl adjacent to an activating group) is 1. The van der Waals surface area contributed by atoms with Crippen LogP contribution >= 0.6 is 0 Å². The molecule has 0 radical (unpaired) electrons. The summed E-state index contributed by atoms with van der Waals surface area (Å²) in [5.41, 5.74) is 2.99. The number of carbonyl (C=O) groups excluding carboxylic acids is 1. The number of methoxy groups -OCH3 is 1. The van der Waals surface area contributed by atoms with Crippen molar-refractivity contribution in [3.63, 3.8) is 0 Å². The number of aromatic amines is 1. The number of piperidine rings is 1. The summed E-state index contributed by atoms with van der Waals surface area (Å²) in [5.74, 6) is 0.500. The molecular weight excluding hydrogens is 518 g/mol. The second-order valence-electron chi connectivity index (χ2n) is 13.5. The van der Waals surface area contributed by atoms with Gasteiger partial charge in [0.05, 0.1) is 11.0 Å². The monoisotopic (exact) mass is 559 g/mol. The number of nitrogens with zero attached hydrogens (tertiary/aromatic N) is 1. The summed E-state index contributed by atoms with van der Waals surface area (Å²) < 4.78 is 19.3. The van der Waals surface area contributed by atoms with E-state index in [1.165, 1.54) is 5.56 Å². The average molecular weight is 560 g/mol. The van der Waals surface area contributed by atoms with Gasteiger partial charge in [-0.3, -0.25) is 10.1 Å². The molecule has 7 rings (SSSR count). The molecule has 41 heavy (non-hydrogen) atoms. The average Bonchev–Trinajstić information content (AvgIpc) is 3.51. The zero-order chi connectivity index (χ0) is 28.7. The number of nitrogens with one attached hydrogen (secondary N) is 2. The number of fused-ring (bicyclic) bond motifs is 1. The van der Waals surface area contributed by atoms with Crippen molar-refractivity contribution in [1.82, 2.24) is 15.2 Å². The number of ether oxygens (including phenoxy) is 3. The summed E-state index contributed by atoms with van der Waals surface area (Å²) in [6.07, 6.45) is 5.53. The van der Waals surface area contributed by atoms with Crippen LogP contribution in [0.15, 0.2) is 42.6 Å². The lowest BCUT2D eigenvalue weighted by atomic mass is 9.48. The SMILES string of the molecule is CO[C@@]12CC[C@H](N[C@@H](Cc3c[nH]c4ccccc34)C(=O)OC(C)(C)C)[C@@H]3Oc4c(O)ccc5c4C31CCN(C)C2C5. The molecule has 3 N–H and O–H groups in total. The Bertz CT molecular complexity index is 1510. The normalized spacial score (nSPS) is 31.0. The Kier molecular flexibility index (Phi) is 6.02. The Balaban J connectivity index is 1.29. The number of H-pyrrole nitrogens is 1. The van der Waals surface area contributed by atoms with Crippen LogP contribution in [0, 0.1) is 0 Å². The topological polar surface area (TPSA) is 96.0 Å². The number of rotatable bonds is 6. The Morgan fingerprint density at radius 3 is 2.83 bits per heavy atom. The predicted octanol–water partition coefficient (Wildman–Crippen LogP) is 4.22. The van der Waals surface area contributed by atoms with Gasteiger partial charge in [0, 0.05) is 48.3 Å². The van der Waals surface area contributed by atoms with Crippen molar-refractivity contribution < 1.29 is 24.1 Å². The molecule has 2 unspecified atom stereocenters. The number of aromatic hydroxyl groups is 1. The van der Waals surface area contributed by atoms with Crippen LogP contribution in [0.1, 0.15) is 56.7 Å². The number of hydrogen-bond acceptors (Lipinski definition) is 7. The lowest BCUT2D eigenvalue weighted by Crippen LogP contribution is -2.78. The third kappa shape index (κ3) is 3.80. The van der Waals surface area contributed by atoms with E-state index in [1.807, 2.05) is 52.3 Å². The number of hydrogen-bond donors (Lipinski definition) is 3. The van der Waals surface area contributed by atoms with Crippen molar-refractivity contribution in [2.75, 3.05) is 20.7 Å². The number of likely N-dealkylation sites (tertiary alicyclic amines) is 1. The molecule has 2 bridgehead atoms.